The van der Waals surface area contributed by atoms with Gasteiger partial charge < -0.3 is 10.6 Å². The Morgan fingerprint density at radius 2 is 1.95 bits per heavy atom. The molecule has 2 fully saturated rings. The van der Waals surface area contributed by atoms with Gasteiger partial charge in [-0.2, -0.15) is 0 Å². The van der Waals surface area contributed by atoms with Crippen LogP contribution >= 0.6 is 12.2 Å². The van der Waals surface area contributed by atoms with E-state index < -0.39 is 0 Å². The van der Waals surface area contributed by atoms with E-state index in [4.69, 9.17) is 18.0 Å². The van der Waals surface area contributed by atoms with Crippen molar-refractivity contribution in [2.75, 3.05) is 6.54 Å². The highest BCUT2D eigenvalue weighted by atomic mass is 32.1. The number of nitrogens with zero attached hydrogens (tertiary/aromatic N) is 1. The summed E-state index contributed by atoms with van der Waals surface area (Å²) in [6.07, 6.45) is 4.79. The lowest BCUT2D eigenvalue weighted by Crippen LogP contribution is -2.42. The first-order valence-electron chi connectivity index (χ1n) is 7.28. The molecule has 0 heterocycles. The van der Waals surface area contributed by atoms with Crippen molar-refractivity contribution in [1.82, 2.24) is 4.90 Å². The van der Waals surface area contributed by atoms with Crippen molar-refractivity contribution in [2.45, 2.75) is 43.6 Å². The molecule has 1 amide bonds. The Bertz CT molecular complexity index is 521. The second kappa shape index (κ2) is 5.17. The Balaban J connectivity index is 1.77. The zero-order valence-corrected chi connectivity index (χ0v) is 12.4. The second-order valence-electron chi connectivity index (χ2n) is 5.89. The third-order valence-corrected chi connectivity index (χ3v) is 4.54. The molecule has 0 radical (unpaired) electrons. The third kappa shape index (κ3) is 2.57. The molecule has 2 aliphatic carbocycles. The Labute approximate surface area is 125 Å². The van der Waals surface area contributed by atoms with Crippen LogP contribution in [0.5, 0.6) is 0 Å². The zero-order chi connectivity index (χ0) is 14.2. The van der Waals surface area contributed by atoms with Crippen LogP contribution in [0.1, 0.15) is 37.7 Å². The molecule has 106 valence electrons. The molecule has 0 aromatic heterocycles. The minimum absolute atomic E-state index is 0.264. The maximum Gasteiger partial charge on any atom is 0.233 e. The predicted molar refractivity (Wildman–Crippen MR) is 83.5 cm³/mol. The fourth-order valence-electron chi connectivity index (χ4n) is 2.85. The lowest BCUT2D eigenvalue weighted by molar-refractivity contribution is -0.134. The third-order valence-electron chi connectivity index (χ3n) is 4.33. The standard InChI is InChI=1S/C16H20N2OS/c17-14(20)8-11-18(13-6-7-13)15(19)16(9-10-16)12-4-2-1-3-5-12/h1-5,13H,6-11H2,(H2,17,20). The van der Waals surface area contributed by atoms with Crippen LogP contribution in [0.3, 0.4) is 0 Å². The van der Waals surface area contributed by atoms with Gasteiger partial charge in [0.05, 0.1) is 10.4 Å². The van der Waals surface area contributed by atoms with E-state index in [-0.39, 0.29) is 11.3 Å². The summed E-state index contributed by atoms with van der Waals surface area (Å²) in [5.41, 5.74) is 6.49. The van der Waals surface area contributed by atoms with Crippen molar-refractivity contribution in [2.24, 2.45) is 5.73 Å². The molecule has 2 saturated carbocycles. The molecule has 0 saturated heterocycles. The van der Waals surface area contributed by atoms with Crippen LogP contribution in [0.25, 0.3) is 0 Å². The Kier molecular flexibility index (Phi) is 3.50. The van der Waals surface area contributed by atoms with Gasteiger partial charge in [0, 0.05) is 19.0 Å². The van der Waals surface area contributed by atoms with Crippen LogP contribution in [-0.4, -0.2) is 28.4 Å². The van der Waals surface area contributed by atoms with Crippen molar-refractivity contribution in [3.8, 4) is 0 Å². The monoisotopic (exact) mass is 288 g/mol. The van der Waals surface area contributed by atoms with E-state index in [1.165, 1.54) is 0 Å². The number of hydrogen-bond acceptors (Lipinski definition) is 2. The highest BCUT2D eigenvalue weighted by Crippen LogP contribution is 2.50. The summed E-state index contributed by atoms with van der Waals surface area (Å²) in [7, 11) is 0. The molecule has 0 aliphatic heterocycles. The van der Waals surface area contributed by atoms with Gasteiger partial charge in [0.25, 0.3) is 0 Å². The Morgan fingerprint density at radius 1 is 1.30 bits per heavy atom. The van der Waals surface area contributed by atoms with Gasteiger partial charge in [-0.05, 0) is 31.2 Å². The number of nitrogens with two attached hydrogens (primary N) is 1. The van der Waals surface area contributed by atoms with Gasteiger partial charge in [-0.25, -0.2) is 0 Å². The molecule has 20 heavy (non-hydrogen) atoms. The number of hydrogen-bond donors (Lipinski definition) is 1. The number of carbonyl (C=O) groups is 1. The molecule has 0 bridgehead atoms. The molecule has 3 rings (SSSR count). The lowest BCUT2D eigenvalue weighted by atomic mass is 9.94. The van der Waals surface area contributed by atoms with E-state index >= 15 is 0 Å². The van der Waals surface area contributed by atoms with Crippen LogP contribution in [0.2, 0.25) is 0 Å². The maximum absolute atomic E-state index is 13.0. The van der Waals surface area contributed by atoms with E-state index in [1.807, 2.05) is 23.1 Å². The highest BCUT2D eigenvalue weighted by molar-refractivity contribution is 7.80. The summed E-state index contributed by atoms with van der Waals surface area (Å²) < 4.78 is 0. The van der Waals surface area contributed by atoms with E-state index in [9.17, 15) is 4.79 Å². The van der Waals surface area contributed by atoms with Crippen molar-refractivity contribution < 1.29 is 4.79 Å². The SMILES string of the molecule is NC(=S)CCN(C(=O)C1(c2ccccc2)CC1)C1CC1. The molecule has 2 N–H and O–H groups in total. The molecule has 2 aliphatic rings. The molecule has 1 aromatic carbocycles. The fourth-order valence-corrected chi connectivity index (χ4v) is 2.94. The van der Waals surface area contributed by atoms with Crippen molar-refractivity contribution in [3.63, 3.8) is 0 Å². The highest BCUT2D eigenvalue weighted by Gasteiger charge is 2.54. The van der Waals surface area contributed by atoms with Gasteiger partial charge in [0.15, 0.2) is 0 Å². The summed E-state index contributed by atoms with van der Waals surface area (Å²) in [6, 6.07) is 10.6. The molecule has 0 unspecified atom stereocenters. The minimum Gasteiger partial charge on any atom is -0.393 e. The topological polar surface area (TPSA) is 46.3 Å². The summed E-state index contributed by atoms with van der Waals surface area (Å²) >= 11 is 4.95. The van der Waals surface area contributed by atoms with Gasteiger partial charge in [0.1, 0.15) is 0 Å². The first-order chi connectivity index (χ1) is 9.63. The van der Waals surface area contributed by atoms with Crippen molar-refractivity contribution in [1.29, 1.82) is 0 Å². The summed E-state index contributed by atoms with van der Waals surface area (Å²) in [6.45, 7) is 0.674. The summed E-state index contributed by atoms with van der Waals surface area (Å²) in [4.78, 5) is 15.5. The number of thiocarbonyl (C=S) groups is 1. The molecule has 0 atom stereocenters. The second-order valence-corrected chi connectivity index (χ2v) is 6.42. The Morgan fingerprint density at radius 3 is 2.45 bits per heavy atom. The van der Waals surface area contributed by atoms with Gasteiger partial charge in [-0.1, -0.05) is 42.5 Å². The number of rotatable bonds is 6. The van der Waals surface area contributed by atoms with Crippen molar-refractivity contribution >= 4 is 23.1 Å². The van der Waals surface area contributed by atoms with Crippen LogP contribution < -0.4 is 5.73 Å². The molecular formula is C16H20N2OS. The Hall–Kier alpha value is -1.42. The van der Waals surface area contributed by atoms with Gasteiger partial charge >= 0.3 is 0 Å². The van der Waals surface area contributed by atoms with Crippen LogP contribution in [-0.2, 0) is 10.2 Å². The smallest absolute Gasteiger partial charge is 0.233 e. The molecule has 4 heteroatoms. The summed E-state index contributed by atoms with van der Waals surface area (Å²) in [5, 5.41) is 0. The van der Waals surface area contributed by atoms with Gasteiger partial charge in [-0.3, -0.25) is 4.79 Å². The molecule has 1 aromatic rings. The van der Waals surface area contributed by atoms with Gasteiger partial charge in [-0.15, -0.1) is 0 Å². The van der Waals surface area contributed by atoms with E-state index in [0.29, 0.717) is 24.0 Å². The van der Waals surface area contributed by atoms with E-state index in [2.05, 4.69) is 12.1 Å². The number of carbonyl (C=O) groups excluding carboxylic acids is 1. The molecule has 0 spiro atoms. The van der Waals surface area contributed by atoms with E-state index in [0.717, 1.165) is 31.2 Å². The normalized spacial score (nSPS) is 19.4. The largest absolute Gasteiger partial charge is 0.393 e. The predicted octanol–water partition coefficient (Wildman–Crippen LogP) is 2.39. The van der Waals surface area contributed by atoms with Crippen LogP contribution in [0.15, 0.2) is 30.3 Å². The maximum atomic E-state index is 13.0. The molecular weight excluding hydrogens is 268 g/mol. The van der Waals surface area contributed by atoms with Crippen LogP contribution in [0, 0.1) is 0 Å². The average Bonchev–Trinajstić information content (AvgIpc) is 3.33. The van der Waals surface area contributed by atoms with Gasteiger partial charge in [0.2, 0.25) is 5.91 Å². The number of amides is 1. The average molecular weight is 288 g/mol. The van der Waals surface area contributed by atoms with Crippen molar-refractivity contribution in [3.05, 3.63) is 35.9 Å². The number of benzene rings is 1. The first kappa shape index (κ1) is 13.6. The summed E-state index contributed by atoms with van der Waals surface area (Å²) in [5.74, 6) is 0.280. The van der Waals surface area contributed by atoms with E-state index in [1.54, 1.807) is 0 Å². The minimum atomic E-state index is -0.264. The van der Waals surface area contributed by atoms with Crippen LogP contribution in [0.4, 0.5) is 0 Å². The lowest BCUT2D eigenvalue weighted by Gasteiger charge is -2.27. The zero-order valence-electron chi connectivity index (χ0n) is 11.5. The molecule has 3 nitrogen and oxygen atoms in total. The first-order valence-corrected chi connectivity index (χ1v) is 7.69. The quantitative estimate of drug-likeness (QED) is 0.818. The fraction of sp³-hybridized carbons (Fsp3) is 0.500.